The van der Waals surface area contributed by atoms with Gasteiger partial charge in [0.2, 0.25) is 5.91 Å². The molecule has 3 N–H and O–H groups in total. The monoisotopic (exact) mass is 407 g/mol. The molecule has 154 valence electrons. The Bertz CT molecular complexity index is 869. The lowest BCUT2D eigenvalue weighted by molar-refractivity contribution is -0.892. The number of halogens is 3. The Morgan fingerprint density at radius 2 is 1.62 bits per heavy atom. The van der Waals surface area contributed by atoms with Crippen LogP contribution < -0.4 is 20.4 Å². The summed E-state index contributed by atoms with van der Waals surface area (Å²) in [6.07, 6.45) is 0. The normalized spacial score (nSPS) is 14.5. The third kappa shape index (κ3) is 5.95. The Morgan fingerprint density at radius 1 is 0.931 bits per heavy atom. The number of amides is 2. The van der Waals surface area contributed by atoms with Gasteiger partial charge < -0.3 is 20.4 Å². The van der Waals surface area contributed by atoms with E-state index in [-0.39, 0.29) is 30.5 Å². The van der Waals surface area contributed by atoms with Crippen molar-refractivity contribution in [3.63, 3.8) is 0 Å². The number of hydrogen-bond acceptors (Lipinski definition) is 3. The van der Waals surface area contributed by atoms with Crippen LogP contribution in [0.5, 0.6) is 0 Å². The SMILES string of the molecule is O=C(C[NH+]1CCN(c2ccc(F)cc2)CC1)NCC(=O)Nc1ccc(F)c(F)c1. The van der Waals surface area contributed by atoms with Crippen LogP contribution in [0.25, 0.3) is 0 Å². The fourth-order valence-electron chi connectivity index (χ4n) is 3.16. The summed E-state index contributed by atoms with van der Waals surface area (Å²) in [5.74, 6) is -3.13. The lowest BCUT2D eigenvalue weighted by atomic mass is 10.2. The molecule has 0 aliphatic carbocycles. The summed E-state index contributed by atoms with van der Waals surface area (Å²) in [5, 5.41) is 4.93. The number of piperazine rings is 1. The van der Waals surface area contributed by atoms with Crippen LogP contribution in [-0.2, 0) is 9.59 Å². The minimum Gasteiger partial charge on any atom is -0.360 e. The number of nitrogens with zero attached hydrogens (tertiary/aromatic N) is 1. The molecule has 1 fully saturated rings. The lowest BCUT2D eigenvalue weighted by Crippen LogP contribution is -3.16. The molecule has 2 amide bonds. The molecule has 3 rings (SSSR count). The number of hydrogen-bond donors (Lipinski definition) is 3. The predicted molar refractivity (Wildman–Crippen MR) is 102 cm³/mol. The van der Waals surface area contributed by atoms with Gasteiger partial charge in [-0.25, -0.2) is 13.2 Å². The van der Waals surface area contributed by atoms with Crippen molar-refractivity contribution >= 4 is 23.2 Å². The van der Waals surface area contributed by atoms with Gasteiger partial charge in [0.15, 0.2) is 18.2 Å². The summed E-state index contributed by atoms with van der Waals surface area (Å²) in [5.41, 5.74) is 1.06. The van der Waals surface area contributed by atoms with Crippen LogP contribution in [0.4, 0.5) is 24.5 Å². The maximum atomic E-state index is 13.1. The van der Waals surface area contributed by atoms with Crippen molar-refractivity contribution in [3.05, 3.63) is 59.9 Å². The Morgan fingerprint density at radius 3 is 2.28 bits per heavy atom. The Kier molecular flexibility index (Phi) is 6.71. The number of benzene rings is 2. The summed E-state index contributed by atoms with van der Waals surface area (Å²) in [6, 6.07) is 9.35. The summed E-state index contributed by atoms with van der Waals surface area (Å²) in [4.78, 5) is 27.1. The molecule has 2 aromatic rings. The van der Waals surface area contributed by atoms with E-state index in [4.69, 9.17) is 0 Å². The third-order valence-corrected chi connectivity index (χ3v) is 4.72. The molecule has 1 heterocycles. The molecule has 1 aliphatic rings. The van der Waals surface area contributed by atoms with Crippen LogP contribution >= 0.6 is 0 Å². The van der Waals surface area contributed by atoms with Crippen molar-refractivity contribution in [2.75, 3.05) is 49.5 Å². The van der Waals surface area contributed by atoms with Gasteiger partial charge in [-0.15, -0.1) is 0 Å². The summed E-state index contributed by atoms with van der Waals surface area (Å²) >= 11 is 0. The number of nitrogens with one attached hydrogen (secondary N) is 3. The smallest absolute Gasteiger partial charge is 0.275 e. The fraction of sp³-hybridized carbons (Fsp3) is 0.300. The van der Waals surface area contributed by atoms with Gasteiger partial charge in [-0.05, 0) is 36.4 Å². The molecule has 0 saturated carbocycles. The van der Waals surface area contributed by atoms with E-state index in [1.807, 2.05) is 0 Å². The first-order valence-electron chi connectivity index (χ1n) is 9.26. The van der Waals surface area contributed by atoms with Gasteiger partial charge in [0.25, 0.3) is 5.91 Å². The first-order valence-corrected chi connectivity index (χ1v) is 9.26. The quantitative estimate of drug-likeness (QED) is 0.656. The van der Waals surface area contributed by atoms with E-state index in [9.17, 15) is 22.8 Å². The molecule has 0 unspecified atom stereocenters. The minimum atomic E-state index is -1.06. The van der Waals surface area contributed by atoms with Crippen molar-refractivity contribution in [1.29, 1.82) is 0 Å². The molecule has 0 bridgehead atoms. The van der Waals surface area contributed by atoms with Crippen LogP contribution in [-0.4, -0.2) is 51.1 Å². The van der Waals surface area contributed by atoms with E-state index < -0.39 is 17.5 Å². The molecule has 0 atom stereocenters. The average molecular weight is 407 g/mol. The van der Waals surface area contributed by atoms with Gasteiger partial charge in [-0.1, -0.05) is 0 Å². The van der Waals surface area contributed by atoms with Crippen molar-refractivity contribution in [3.8, 4) is 0 Å². The molecule has 0 radical (unpaired) electrons. The zero-order chi connectivity index (χ0) is 20.8. The van der Waals surface area contributed by atoms with Gasteiger partial charge >= 0.3 is 0 Å². The predicted octanol–water partition coefficient (Wildman–Crippen LogP) is 0.564. The fourth-order valence-corrected chi connectivity index (χ4v) is 3.16. The van der Waals surface area contributed by atoms with Gasteiger partial charge in [0, 0.05) is 17.4 Å². The second kappa shape index (κ2) is 9.42. The van der Waals surface area contributed by atoms with Crippen LogP contribution in [0, 0.1) is 17.5 Å². The average Bonchev–Trinajstić information content (AvgIpc) is 2.70. The maximum absolute atomic E-state index is 13.1. The number of anilines is 2. The Hall–Kier alpha value is -3.07. The number of rotatable bonds is 6. The highest BCUT2D eigenvalue weighted by Crippen LogP contribution is 2.14. The molecule has 2 aromatic carbocycles. The molecular weight excluding hydrogens is 385 g/mol. The van der Waals surface area contributed by atoms with Crippen LogP contribution in [0.15, 0.2) is 42.5 Å². The van der Waals surface area contributed by atoms with Gasteiger partial charge in [0.1, 0.15) is 5.82 Å². The van der Waals surface area contributed by atoms with Crippen molar-refractivity contribution in [2.24, 2.45) is 0 Å². The minimum absolute atomic E-state index is 0.116. The summed E-state index contributed by atoms with van der Waals surface area (Å²) < 4.78 is 39.0. The van der Waals surface area contributed by atoms with Crippen LogP contribution in [0.2, 0.25) is 0 Å². The molecule has 6 nitrogen and oxygen atoms in total. The first kappa shape index (κ1) is 20.7. The van der Waals surface area contributed by atoms with E-state index in [1.54, 1.807) is 12.1 Å². The largest absolute Gasteiger partial charge is 0.360 e. The zero-order valence-corrected chi connectivity index (χ0v) is 15.7. The van der Waals surface area contributed by atoms with Crippen molar-refractivity contribution in [2.45, 2.75) is 0 Å². The third-order valence-electron chi connectivity index (χ3n) is 4.72. The van der Waals surface area contributed by atoms with Crippen molar-refractivity contribution < 1.29 is 27.7 Å². The van der Waals surface area contributed by atoms with Gasteiger partial charge in [-0.3, -0.25) is 9.59 Å². The Labute approximate surface area is 166 Å². The number of carbonyl (C=O) groups excluding carboxylic acids is 2. The highest BCUT2D eigenvalue weighted by Gasteiger charge is 2.22. The molecule has 0 aromatic heterocycles. The second-order valence-electron chi connectivity index (χ2n) is 6.84. The van der Waals surface area contributed by atoms with Crippen molar-refractivity contribution in [1.82, 2.24) is 5.32 Å². The van der Waals surface area contributed by atoms with E-state index in [0.29, 0.717) is 0 Å². The van der Waals surface area contributed by atoms with E-state index in [2.05, 4.69) is 15.5 Å². The summed E-state index contributed by atoms with van der Waals surface area (Å²) in [6.45, 7) is 2.94. The number of carbonyl (C=O) groups is 2. The maximum Gasteiger partial charge on any atom is 0.275 e. The molecule has 29 heavy (non-hydrogen) atoms. The van der Waals surface area contributed by atoms with E-state index >= 15 is 0 Å². The molecule has 9 heteroatoms. The van der Waals surface area contributed by atoms with E-state index in [0.717, 1.165) is 48.9 Å². The van der Waals surface area contributed by atoms with Gasteiger partial charge in [0.05, 0.1) is 32.7 Å². The highest BCUT2D eigenvalue weighted by molar-refractivity contribution is 5.94. The van der Waals surface area contributed by atoms with Crippen LogP contribution in [0.1, 0.15) is 0 Å². The number of quaternary nitrogens is 1. The topological polar surface area (TPSA) is 65.9 Å². The first-order chi connectivity index (χ1) is 13.9. The van der Waals surface area contributed by atoms with Crippen LogP contribution in [0.3, 0.4) is 0 Å². The lowest BCUT2D eigenvalue weighted by Gasteiger charge is -2.33. The standard InChI is InChI=1S/C20H21F3N4O2/c21-14-1-4-16(5-2-14)27-9-7-26(8-10-27)13-20(29)24-12-19(28)25-15-3-6-17(22)18(23)11-15/h1-6,11H,7-10,12-13H2,(H,24,29)(H,25,28)/p+1. The molecule has 1 aliphatic heterocycles. The Balaban J connectivity index is 1.38. The highest BCUT2D eigenvalue weighted by atomic mass is 19.2. The second-order valence-corrected chi connectivity index (χ2v) is 6.84. The van der Waals surface area contributed by atoms with E-state index in [1.165, 1.54) is 18.2 Å². The van der Waals surface area contributed by atoms with Gasteiger partial charge in [-0.2, -0.15) is 0 Å². The molecular formula is C20H22F3N4O2+. The molecule has 0 spiro atoms. The zero-order valence-electron chi connectivity index (χ0n) is 15.7. The molecule has 1 saturated heterocycles. The summed E-state index contributed by atoms with van der Waals surface area (Å²) in [7, 11) is 0.